The highest BCUT2D eigenvalue weighted by Gasteiger charge is 2.09. The molecule has 0 aliphatic carbocycles. The molecule has 2 heterocycles. The Balaban J connectivity index is 1.77. The van der Waals surface area contributed by atoms with Crippen LogP contribution in [0.3, 0.4) is 0 Å². The number of carbonyl (C=O) groups excluding carboxylic acids is 1. The van der Waals surface area contributed by atoms with E-state index in [1.54, 1.807) is 30.9 Å². The monoisotopic (exact) mass is 293 g/mol. The lowest BCUT2D eigenvalue weighted by Gasteiger charge is -2.05. The second-order valence-electron chi connectivity index (χ2n) is 4.98. The van der Waals surface area contributed by atoms with E-state index in [9.17, 15) is 4.79 Å². The molecule has 0 atom stereocenters. The quantitative estimate of drug-likeness (QED) is 0.805. The Morgan fingerprint density at radius 3 is 2.64 bits per heavy atom. The second kappa shape index (κ2) is 5.77. The third-order valence-electron chi connectivity index (χ3n) is 3.37. The average molecular weight is 293 g/mol. The molecule has 3 rings (SSSR count). The van der Waals surface area contributed by atoms with Crippen LogP contribution in [0.1, 0.15) is 21.5 Å². The number of hydrogen-bond donors (Lipinski definition) is 1. The molecule has 0 spiro atoms. The fraction of sp³-hybridized carbons (Fsp3) is 0.125. The van der Waals surface area contributed by atoms with Gasteiger partial charge in [-0.25, -0.2) is 14.6 Å². The third kappa shape index (κ3) is 2.85. The Kier molecular flexibility index (Phi) is 3.65. The third-order valence-corrected chi connectivity index (χ3v) is 3.37. The van der Waals surface area contributed by atoms with Crippen LogP contribution in [0.2, 0.25) is 0 Å². The van der Waals surface area contributed by atoms with Gasteiger partial charge in [-0.2, -0.15) is 5.10 Å². The molecule has 0 saturated heterocycles. The largest absolute Gasteiger partial charge is 0.319 e. The summed E-state index contributed by atoms with van der Waals surface area (Å²) >= 11 is 0. The van der Waals surface area contributed by atoms with E-state index in [1.165, 1.54) is 4.68 Å². The fourth-order valence-electron chi connectivity index (χ4n) is 1.99. The van der Waals surface area contributed by atoms with Crippen LogP contribution in [-0.4, -0.2) is 25.7 Å². The summed E-state index contributed by atoms with van der Waals surface area (Å²) < 4.78 is 1.51. The van der Waals surface area contributed by atoms with E-state index in [0.29, 0.717) is 17.2 Å². The number of hydrogen-bond acceptors (Lipinski definition) is 4. The number of carbonyl (C=O) groups is 1. The number of anilines is 1. The standard InChI is InChI=1S/C16H15N5O/c1-11-4-5-13(8-12(11)2)15(22)20-14-9-19-21(10-14)16-17-6-3-7-18-16/h3-10H,1-2H3,(H,20,22). The van der Waals surface area contributed by atoms with Gasteiger partial charge in [0.2, 0.25) is 5.95 Å². The molecule has 3 aromatic rings. The molecular formula is C16H15N5O. The molecule has 0 saturated carbocycles. The fourth-order valence-corrected chi connectivity index (χ4v) is 1.99. The summed E-state index contributed by atoms with van der Waals surface area (Å²) in [5.74, 6) is 0.283. The number of aryl methyl sites for hydroxylation is 2. The molecule has 0 aliphatic rings. The second-order valence-corrected chi connectivity index (χ2v) is 4.98. The maximum Gasteiger partial charge on any atom is 0.255 e. The predicted molar refractivity (Wildman–Crippen MR) is 83.0 cm³/mol. The first-order chi connectivity index (χ1) is 10.6. The van der Waals surface area contributed by atoms with E-state index in [-0.39, 0.29) is 5.91 Å². The van der Waals surface area contributed by atoms with Gasteiger partial charge in [-0.3, -0.25) is 4.79 Å². The molecule has 6 heteroatoms. The SMILES string of the molecule is Cc1ccc(C(=O)Nc2cnn(-c3ncccn3)c2)cc1C. The zero-order valence-corrected chi connectivity index (χ0v) is 12.3. The normalized spacial score (nSPS) is 10.5. The number of aromatic nitrogens is 4. The minimum atomic E-state index is -0.170. The zero-order chi connectivity index (χ0) is 15.5. The molecule has 1 amide bonds. The number of rotatable bonds is 3. The highest BCUT2D eigenvalue weighted by Crippen LogP contribution is 2.13. The lowest BCUT2D eigenvalue weighted by Crippen LogP contribution is -2.11. The van der Waals surface area contributed by atoms with Gasteiger partial charge in [0, 0.05) is 18.0 Å². The summed E-state index contributed by atoms with van der Waals surface area (Å²) in [4.78, 5) is 20.4. The number of nitrogens with zero attached hydrogens (tertiary/aromatic N) is 4. The van der Waals surface area contributed by atoms with Crippen molar-refractivity contribution < 1.29 is 4.79 Å². The lowest BCUT2D eigenvalue weighted by atomic mass is 10.1. The number of nitrogens with one attached hydrogen (secondary N) is 1. The van der Waals surface area contributed by atoms with Crippen molar-refractivity contribution in [3.05, 3.63) is 65.7 Å². The van der Waals surface area contributed by atoms with E-state index in [1.807, 2.05) is 32.0 Å². The minimum Gasteiger partial charge on any atom is -0.319 e. The van der Waals surface area contributed by atoms with Crippen LogP contribution in [0.5, 0.6) is 0 Å². The van der Waals surface area contributed by atoms with Gasteiger partial charge >= 0.3 is 0 Å². The molecule has 0 unspecified atom stereocenters. The topological polar surface area (TPSA) is 72.7 Å². The van der Waals surface area contributed by atoms with Crippen molar-refractivity contribution in [1.82, 2.24) is 19.7 Å². The first-order valence-electron chi connectivity index (χ1n) is 6.84. The highest BCUT2D eigenvalue weighted by molar-refractivity contribution is 6.04. The van der Waals surface area contributed by atoms with Crippen molar-refractivity contribution in [2.45, 2.75) is 13.8 Å². The molecular weight excluding hydrogens is 278 g/mol. The van der Waals surface area contributed by atoms with Crippen LogP contribution >= 0.6 is 0 Å². The molecule has 1 N–H and O–H groups in total. The summed E-state index contributed by atoms with van der Waals surface area (Å²) in [7, 11) is 0. The summed E-state index contributed by atoms with van der Waals surface area (Å²) in [6.45, 7) is 4.00. The average Bonchev–Trinajstić information content (AvgIpc) is 2.99. The van der Waals surface area contributed by atoms with E-state index in [0.717, 1.165) is 11.1 Å². The molecule has 2 aromatic heterocycles. The van der Waals surface area contributed by atoms with Crippen molar-refractivity contribution in [1.29, 1.82) is 0 Å². The molecule has 0 bridgehead atoms. The number of amides is 1. The van der Waals surface area contributed by atoms with Crippen LogP contribution in [0.4, 0.5) is 5.69 Å². The maximum atomic E-state index is 12.2. The minimum absolute atomic E-state index is 0.170. The van der Waals surface area contributed by atoms with E-state index >= 15 is 0 Å². The van der Waals surface area contributed by atoms with Gasteiger partial charge in [0.25, 0.3) is 5.91 Å². The van der Waals surface area contributed by atoms with Gasteiger partial charge in [0.05, 0.1) is 18.1 Å². The Morgan fingerprint density at radius 1 is 1.14 bits per heavy atom. The Bertz CT molecular complexity index is 810. The van der Waals surface area contributed by atoms with Crippen LogP contribution in [0.15, 0.2) is 49.1 Å². The maximum absolute atomic E-state index is 12.2. The van der Waals surface area contributed by atoms with E-state index in [2.05, 4.69) is 20.4 Å². The summed E-state index contributed by atoms with van der Waals surface area (Å²) in [6.07, 6.45) is 6.51. The van der Waals surface area contributed by atoms with Gasteiger partial charge in [-0.05, 0) is 43.2 Å². The molecule has 0 aliphatic heterocycles. The first kappa shape index (κ1) is 13.9. The van der Waals surface area contributed by atoms with Crippen molar-refractivity contribution >= 4 is 11.6 Å². The molecule has 110 valence electrons. The summed E-state index contributed by atoms with van der Waals surface area (Å²) in [5, 5.41) is 6.96. The molecule has 0 fully saturated rings. The highest BCUT2D eigenvalue weighted by atomic mass is 16.1. The van der Waals surface area contributed by atoms with Crippen LogP contribution in [-0.2, 0) is 0 Å². The van der Waals surface area contributed by atoms with Crippen molar-refractivity contribution in [3.63, 3.8) is 0 Å². The van der Waals surface area contributed by atoms with Crippen molar-refractivity contribution in [3.8, 4) is 5.95 Å². The summed E-state index contributed by atoms with van der Waals surface area (Å²) in [6, 6.07) is 7.35. The molecule has 22 heavy (non-hydrogen) atoms. The van der Waals surface area contributed by atoms with Gasteiger partial charge in [0.15, 0.2) is 0 Å². The van der Waals surface area contributed by atoms with E-state index in [4.69, 9.17) is 0 Å². The Hall–Kier alpha value is -3.02. The smallest absolute Gasteiger partial charge is 0.255 e. The van der Waals surface area contributed by atoms with Gasteiger partial charge in [0.1, 0.15) is 0 Å². The molecule has 6 nitrogen and oxygen atoms in total. The van der Waals surface area contributed by atoms with Crippen molar-refractivity contribution in [2.75, 3.05) is 5.32 Å². The lowest BCUT2D eigenvalue weighted by molar-refractivity contribution is 0.102. The van der Waals surface area contributed by atoms with Crippen LogP contribution in [0, 0.1) is 13.8 Å². The molecule has 0 radical (unpaired) electrons. The predicted octanol–water partition coefficient (Wildman–Crippen LogP) is 2.53. The zero-order valence-electron chi connectivity index (χ0n) is 12.3. The Morgan fingerprint density at radius 2 is 1.91 bits per heavy atom. The van der Waals surface area contributed by atoms with Crippen molar-refractivity contribution in [2.24, 2.45) is 0 Å². The van der Waals surface area contributed by atoms with Crippen LogP contribution in [0.25, 0.3) is 5.95 Å². The van der Waals surface area contributed by atoms with E-state index < -0.39 is 0 Å². The Labute approximate surface area is 127 Å². The first-order valence-corrected chi connectivity index (χ1v) is 6.84. The van der Waals surface area contributed by atoms with Gasteiger partial charge in [-0.15, -0.1) is 0 Å². The van der Waals surface area contributed by atoms with Gasteiger partial charge in [-0.1, -0.05) is 6.07 Å². The molecule has 1 aromatic carbocycles. The van der Waals surface area contributed by atoms with Crippen LogP contribution < -0.4 is 5.32 Å². The van der Waals surface area contributed by atoms with Gasteiger partial charge < -0.3 is 5.32 Å². The summed E-state index contributed by atoms with van der Waals surface area (Å²) in [5.41, 5.74) is 3.45. The number of benzene rings is 1.